The first-order valence-electron chi connectivity index (χ1n) is 5.15. The van der Waals surface area contributed by atoms with Crippen LogP contribution in [0, 0.1) is 11.6 Å². The van der Waals surface area contributed by atoms with Crippen molar-refractivity contribution < 1.29 is 13.0 Å². The van der Waals surface area contributed by atoms with E-state index >= 15 is 0 Å². The fraction of sp³-hybridized carbons (Fsp3) is 0.0769. The highest BCUT2D eigenvalue weighted by Gasteiger charge is 2.12. The lowest BCUT2D eigenvalue weighted by Crippen LogP contribution is -2.00. The van der Waals surface area contributed by atoms with E-state index in [-0.39, 0.29) is 16.3 Å². The molecule has 0 spiro atoms. The van der Waals surface area contributed by atoms with Crippen molar-refractivity contribution >= 4 is 22.4 Å². The van der Waals surface area contributed by atoms with Crippen LogP contribution in [0.25, 0.3) is 0 Å². The molecule has 1 nitrogen and oxygen atoms in total. The van der Waals surface area contributed by atoms with Crippen molar-refractivity contribution in [3.63, 3.8) is 0 Å². The second-order valence-electron chi connectivity index (χ2n) is 3.64. The fourth-order valence-electron chi connectivity index (χ4n) is 1.47. The molecule has 0 amide bonds. The fourth-order valence-corrected chi connectivity index (χ4v) is 2.94. The predicted octanol–water partition coefficient (Wildman–Crippen LogP) is 3.93. The standard InChI is InChI=1S/C13H9ClF2OS/c14-12-2-1-3-13(16)11(12)8-18(17)10-6-4-9(15)5-7-10/h1-7H,8H2. The Morgan fingerprint density at radius 2 is 1.72 bits per heavy atom. The van der Waals surface area contributed by atoms with Crippen molar-refractivity contribution in [1.29, 1.82) is 0 Å². The third-order valence-electron chi connectivity index (χ3n) is 2.41. The van der Waals surface area contributed by atoms with Crippen LogP contribution in [0.2, 0.25) is 5.02 Å². The molecule has 1 unspecified atom stereocenters. The van der Waals surface area contributed by atoms with Gasteiger partial charge in [-0.2, -0.15) is 0 Å². The summed E-state index contributed by atoms with van der Waals surface area (Å²) in [5.74, 6) is -0.922. The van der Waals surface area contributed by atoms with E-state index in [1.165, 1.54) is 36.4 Å². The molecule has 0 saturated heterocycles. The molecular formula is C13H9ClF2OS. The molecule has 2 aromatic carbocycles. The molecule has 0 aromatic heterocycles. The van der Waals surface area contributed by atoms with Gasteiger partial charge in [0.1, 0.15) is 11.6 Å². The maximum atomic E-state index is 13.5. The van der Waals surface area contributed by atoms with Gasteiger partial charge < -0.3 is 0 Å². The summed E-state index contributed by atoms with van der Waals surface area (Å²) in [6.45, 7) is 0. The van der Waals surface area contributed by atoms with Crippen LogP contribution in [0.15, 0.2) is 47.4 Å². The summed E-state index contributed by atoms with van der Waals surface area (Å²) >= 11 is 5.85. The quantitative estimate of drug-likeness (QED) is 0.836. The molecule has 5 heteroatoms. The molecule has 0 saturated carbocycles. The molecule has 2 rings (SSSR count). The van der Waals surface area contributed by atoms with E-state index in [1.807, 2.05) is 0 Å². The van der Waals surface area contributed by atoms with Gasteiger partial charge in [-0.05, 0) is 36.4 Å². The van der Waals surface area contributed by atoms with Crippen LogP contribution in [0.5, 0.6) is 0 Å². The molecule has 0 N–H and O–H groups in total. The minimum Gasteiger partial charge on any atom is -0.254 e. The molecule has 0 aliphatic heterocycles. The second-order valence-corrected chi connectivity index (χ2v) is 5.50. The van der Waals surface area contributed by atoms with E-state index in [0.29, 0.717) is 4.90 Å². The Morgan fingerprint density at radius 3 is 2.33 bits per heavy atom. The normalized spacial score (nSPS) is 12.4. The van der Waals surface area contributed by atoms with Gasteiger partial charge in [0.15, 0.2) is 0 Å². The molecule has 94 valence electrons. The van der Waals surface area contributed by atoms with E-state index in [4.69, 9.17) is 11.6 Å². The first kappa shape index (κ1) is 13.2. The maximum absolute atomic E-state index is 13.5. The van der Waals surface area contributed by atoms with E-state index in [1.54, 1.807) is 6.07 Å². The van der Waals surface area contributed by atoms with Crippen LogP contribution >= 0.6 is 11.6 Å². The summed E-state index contributed by atoms with van der Waals surface area (Å²) < 4.78 is 38.2. The average Bonchev–Trinajstić information content (AvgIpc) is 2.34. The molecule has 18 heavy (non-hydrogen) atoms. The van der Waals surface area contributed by atoms with Gasteiger partial charge in [-0.15, -0.1) is 0 Å². The Labute approximate surface area is 111 Å². The van der Waals surface area contributed by atoms with Gasteiger partial charge in [-0.3, -0.25) is 4.21 Å². The van der Waals surface area contributed by atoms with E-state index in [9.17, 15) is 13.0 Å². The average molecular weight is 287 g/mol. The molecule has 0 fully saturated rings. The summed E-state index contributed by atoms with van der Waals surface area (Å²) in [6.07, 6.45) is 0. The molecule has 0 radical (unpaired) electrons. The Bertz CT molecular complexity index is 564. The van der Waals surface area contributed by atoms with Crippen LogP contribution in [0.4, 0.5) is 8.78 Å². The van der Waals surface area contributed by atoms with Crippen LogP contribution in [-0.4, -0.2) is 4.21 Å². The number of hydrogen-bond donors (Lipinski definition) is 0. The lowest BCUT2D eigenvalue weighted by molar-refractivity contribution is 0.615. The zero-order valence-electron chi connectivity index (χ0n) is 9.20. The van der Waals surface area contributed by atoms with Gasteiger partial charge in [0.2, 0.25) is 0 Å². The summed E-state index contributed by atoms with van der Waals surface area (Å²) in [5, 5.41) is 0.241. The van der Waals surface area contributed by atoms with Gasteiger partial charge in [-0.1, -0.05) is 17.7 Å². The van der Waals surface area contributed by atoms with E-state index < -0.39 is 22.4 Å². The van der Waals surface area contributed by atoms with Gasteiger partial charge in [0, 0.05) is 15.5 Å². The van der Waals surface area contributed by atoms with Crippen molar-refractivity contribution in [2.45, 2.75) is 10.6 Å². The Kier molecular flexibility index (Phi) is 4.09. The summed E-state index contributed by atoms with van der Waals surface area (Å²) in [5.41, 5.74) is 0.210. The van der Waals surface area contributed by atoms with Crippen LogP contribution in [-0.2, 0) is 16.6 Å². The predicted molar refractivity (Wildman–Crippen MR) is 67.9 cm³/mol. The molecule has 0 aliphatic rings. The van der Waals surface area contributed by atoms with E-state index in [0.717, 1.165) is 0 Å². The first-order chi connectivity index (χ1) is 8.58. The lowest BCUT2D eigenvalue weighted by Gasteiger charge is -2.06. The van der Waals surface area contributed by atoms with Gasteiger partial charge in [0.05, 0.1) is 16.6 Å². The van der Waals surface area contributed by atoms with Gasteiger partial charge in [0.25, 0.3) is 0 Å². The molecule has 0 aliphatic carbocycles. The minimum absolute atomic E-state index is 0.0306. The Morgan fingerprint density at radius 1 is 1.06 bits per heavy atom. The number of benzene rings is 2. The zero-order valence-corrected chi connectivity index (χ0v) is 10.8. The molecular weight excluding hydrogens is 278 g/mol. The minimum atomic E-state index is -1.45. The number of rotatable bonds is 3. The molecule has 1 atom stereocenters. The van der Waals surface area contributed by atoms with Crippen LogP contribution in [0.3, 0.4) is 0 Å². The second kappa shape index (κ2) is 5.59. The topological polar surface area (TPSA) is 17.1 Å². The molecule has 2 aromatic rings. The Hall–Kier alpha value is -1.26. The Balaban J connectivity index is 2.24. The van der Waals surface area contributed by atoms with Gasteiger partial charge >= 0.3 is 0 Å². The monoisotopic (exact) mass is 286 g/mol. The summed E-state index contributed by atoms with van der Waals surface area (Å²) in [6, 6.07) is 9.57. The van der Waals surface area contributed by atoms with Crippen molar-refractivity contribution in [2.75, 3.05) is 0 Å². The SMILES string of the molecule is O=S(Cc1c(F)cccc1Cl)c1ccc(F)cc1. The largest absolute Gasteiger partial charge is 0.254 e. The third-order valence-corrected chi connectivity index (χ3v) is 4.12. The molecule has 0 bridgehead atoms. The summed E-state index contributed by atoms with van der Waals surface area (Å²) in [7, 11) is -1.45. The number of hydrogen-bond acceptors (Lipinski definition) is 1. The zero-order chi connectivity index (χ0) is 13.1. The van der Waals surface area contributed by atoms with Crippen molar-refractivity contribution in [2.24, 2.45) is 0 Å². The maximum Gasteiger partial charge on any atom is 0.128 e. The van der Waals surface area contributed by atoms with Crippen LogP contribution < -0.4 is 0 Å². The smallest absolute Gasteiger partial charge is 0.128 e. The van der Waals surface area contributed by atoms with Gasteiger partial charge in [-0.25, -0.2) is 8.78 Å². The van der Waals surface area contributed by atoms with Crippen molar-refractivity contribution in [3.8, 4) is 0 Å². The summed E-state index contributed by atoms with van der Waals surface area (Å²) in [4.78, 5) is 0.440. The molecule has 0 heterocycles. The van der Waals surface area contributed by atoms with Crippen molar-refractivity contribution in [1.82, 2.24) is 0 Å². The lowest BCUT2D eigenvalue weighted by atomic mass is 10.2. The number of halogens is 3. The third kappa shape index (κ3) is 2.94. The first-order valence-corrected chi connectivity index (χ1v) is 6.84. The highest BCUT2D eigenvalue weighted by Crippen LogP contribution is 2.22. The van der Waals surface area contributed by atoms with Crippen molar-refractivity contribution in [3.05, 3.63) is 64.7 Å². The highest BCUT2D eigenvalue weighted by molar-refractivity contribution is 7.84. The van der Waals surface area contributed by atoms with Crippen LogP contribution in [0.1, 0.15) is 5.56 Å². The highest BCUT2D eigenvalue weighted by atomic mass is 35.5. The van der Waals surface area contributed by atoms with E-state index in [2.05, 4.69) is 0 Å².